The number of nitrogens with zero attached hydrogens (tertiary/aromatic N) is 3. The maximum atomic E-state index is 13.3. The number of benzene rings is 1. The molecule has 1 amide bonds. The highest BCUT2D eigenvalue weighted by Crippen LogP contribution is 2.45. The number of carbonyl (C=O) groups is 3. The fourth-order valence-corrected chi connectivity index (χ4v) is 5.89. The van der Waals surface area contributed by atoms with E-state index in [1.165, 1.54) is 11.8 Å². The standard InChI is InChI=1S/C26H30ClN3O5S/c1-4-34-24(32)17-9-11-29(12-10-17)21(31)14-20-15-36-26-28-16(3)22(25(33)35-5-2)23(30(20)26)18-7-6-8-19(27)13-18/h6-8,13,15,17,23H,4-5,9-12,14H2,1-3H3. The van der Waals surface area contributed by atoms with Gasteiger partial charge in [-0.05, 0) is 56.7 Å². The number of ether oxygens (including phenoxy) is 2. The summed E-state index contributed by atoms with van der Waals surface area (Å²) in [5.41, 5.74) is 2.59. The lowest BCUT2D eigenvalue weighted by molar-refractivity contribution is -0.151. The highest BCUT2D eigenvalue weighted by molar-refractivity contribution is 8.16. The molecule has 0 spiro atoms. The van der Waals surface area contributed by atoms with E-state index in [-0.39, 0.29) is 30.8 Å². The zero-order chi connectivity index (χ0) is 25.8. The molecule has 36 heavy (non-hydrogen) atoms. The summed E-state index contributed by atoms with van der Waals surface area (Å²) in [6.07, 6.45) is 1.34. The highest BCUT2D eigenvalue weighted by atomic mass is 35.5. The molecule has 8 nitrogen and oxygen atoms in total. The van der Waals surface area contributed by atoms with Crippen LogP contribution in [-0.4, -0.2) is 59.1 Å². The van der Waals surface area contributed by atoms with Crippen LogP contribution in [0.25, 0.3) is 0 Å². The summed E-state index contributed by atoms with van der Waals surface area (Å²) < 4.78 is 10.5. The third-order valence-electron chi connectivity index (χ3n) is 6.46. The first kappa shape index (κ1) is 26.3. The summed E-state index contributed by atoms with van der Waals surface area (Å²) in [5.74, 6) is -0.819. The molecule has 0 saturated carbocycles. The van der Waals surface area contributed by atoms with Crippen LogP contribution in [0.3, 0.4) is 0 Å². The molecule has 3 aliphatic heterocycles. The Bertz CT molecular complexity index is 1140. The maximum Gasteiger partial charge on any atom is 0.338 e. The summed E-state index contributed by atoms with van der Waals surface area (Å²) in [6, 6.07) is 6.84. The minimum atomic E-state index is -0.515. The fourth-order valence-electron chi connectivity index (χ4n) is 4.72. The second-order valence-corrected chi connectivity index (χ2v) is 10.0. The summed E-state index contributed by atoms with van der Waals surface area (Å²) in [6.45, 7) is 6.98. The van der Waals surface area contributed by atoms with E-state index in [2.05, 4.69) is 4.99 Å². The maximum absolute atomic E-state index is 13.3. The van der Waals surface area contributed by atoms with Gasteiger partial charge >= 0.3 is 11.9 Å². The predicted molar refractivity (Wildman–Crippen MR) is 139 cm³/mol. The Labute approximate surface area is 220 Å². The van der Waals surface area contributed by atoms with Crippen molar-refractivity contribution in [2.24, 2.45) is 10.9 Å². The van der Waals surface area contributed by atoms with E-state index in [1.54, 1.807) is 31.7 Å². The monoisotopic (exact) mass is 531 g/mol. The third-order valence-corrected chi connectivity index (χ3v) is 7.58. The zero-order valence-electron chi connectivity index (χ0n) is 20.7. The topological polar surface area (TPSA) is 88.5 Å². The molecule has 1 saturated heterocycles. The largest absolute Gasteiger partial charge is 0.466 e. The molecule has 1 aromatic rings. The van der Waals surface area contributed by atoms with E-state index in [1.807, 2.05) is 28.5 Å². The summed E-state index contributed by atoms with van der Waals surface area (Å²) >= 11 is 7.74. The van der Waals surface area contributed by atoms with Gasteiger partial charge < -0.3 is 19.3 Å². The molecule has 3 heterocycles. The van der Waals surface area contributed by atoms with E-state index in [0.29, 0.717) is 54.0 Å². The van der Waals surface area contributed by atoms with Crippen LogP contribution in [0.4, 0.5) is 0 Å². The number of amides is 1. The Morgan fingerprint density at radius 1 is 1.14 bits per heavy atom. The average molecular weight is 532 g/mol. The van der Waals surface area contributed by atoms with E-state index in [4.69, 9.17) is 21.1 Å². The summed E-state index contributed by atoms with van der Waals surface area (Å²) in [5, 5.41) is 3.17. The van der Waals surface area contributed by atoms with Gasteiger partial charge in [0.1, 0.15) is 0 Å². The lowest BCUT2D eigenvalue weighted by atomic mass is 9.93. The number of amidine groups is 1. The molecule has 0 N–H and O–H groups in total. The normalized spacial score (nSPS) is 20.1. The first-order chi connectivity index (χ1) is 17.3. The Kier molecular flexibility index (Phi) is 8.41. The number of esters is 2. The van der Waals surface area contributed by atoms with Gasteiger partial charge in [0.2, 0.25) is 5.91 Å². The third kappa shape index (κ3) is 5.47. The second kappa shape index (κ2) is 11.5. The molecule has 0 radical (unpaired) electrons. The van der Waals surface area contributed by atoms with Gasteiger partial charge in [0.05, 0.1) is 42.9 Å². The molecule has 1 aromatic carbocycles. The van der Waals surface area contributed by atoms with Gasteiger partial charge in [0.15, 0.2) is 5.17 Å². The van der Waals surface area contributed by atoms with Gasteiger partial charge in [-0.15, -0.1) is 0 Å². The molecule has 0 bridgehead atoms. The molecule has 192 valence electrons. The Morgan fingerprint density at radius 3 is 2.53 bits per heavy atom. The number of hydrogen-bond acceptors (Lipinski definition) is 8. The number of likely N-dealkylation sites (tertiary alicyclic amines) is 1. The smallest absolute Gasteiger partial charge is 0.338 e. The van der Waals surface area contributed by atoms with Gasteiger partial charge in [-0.25, -0.2) is 9.79 Å². The number of hydrogen-bond donors (Lipinski definition) is 0. The zero-order valence-corrected chi connectivity index (χ0v) is 22.2. The Hall–Kier alpha value is -2.78. The molecular formula is C26H30ClN3O5S. The molecule has 3 aliphatic rings. The Morgan fingerprint density at radius 2 is 1.86 bits per heavy atom. The van der Waals surface area contributed by atoms with Crippen LogP contribution in [0, 0.1) is 5.92 Å². The van der Waals surface area contributed by atoms with Crippen molar-refractivity contribution in [2.75, 3.05) is 26.3 Å². The van der Waals surface area contributed by atoms with Crippen molar-refractivity contribution >= 4 is 46.4 Å². The van der Waals surface area contributed by atoms with E-state index >= 15 is 0 Å². The van der Waals surface area contributed by atoms with Crippen LogP contribution < -0.4 is 0 Å². The van der Waals surface area contributed by atoms with Gasteiger partial charge in [0.25, 0.3) is 0 Å². The number of fused-ring (bicyclic) bond motifs is 1. The first-order valence-electron chi connectivity index (χ1n) is 12.1. The first-order valence-corrected chi connectivity index (χ1v) is 13.4. The van der Waals surface area contributed by atoms with Gasteiger partial charge in [-0.2, -0.15) is 0 Å². The Balaban J connectivity index is 1.56. The van der Waals surface area contributed by atoms with Crippen molar-refractivity contribution in [1.29, 1.82) is 0 Å². The number of allylic oxidation sites excluding steroid dienone is 1. The average Bonchev–Trinajstić information content (AvgIpc) is 3.25. The molecular weight excluding hydrogens is 502 g/mol. The van der Waals surface area contributed by atoms with Crippen molar-refractivity contribution in [1.82, 2.24) is 9.80 Å². The second-order valence-electron chi connectivity index (χ2n) is 8.75. The van der Waals surface area contributed by atoms with Crippen LogP contribution in [0.1, 0.15) is 51.6 Å². The SMILES string of the molecule is CCOC(=O)C1=C(C)N=C2SC=C(CC(=O)N3CCC(C(=O)OCC)CC3)N2C1c1cccc(Cl)c1. The minimum Gasteiger partial charge on any atom is -0.466 e. The van der Waals surface area contributed by atoms with Crippen molar-refractivity contribution in [2.45, 2.75) is 46.1 Å². The van der Waals surface area contributed by atoms with E-state index in [0.717, 1.165) is 11.3 Å². The number of piperidine rings is 1. The highest BCUT2D eigenvalue weighted by Gasteiger charge is 2.41. The molecule has 1 fully saturated rings. The molecule has 1 unspecified atom stereocenters. The summed E-state index contributed by atoms with van der Waals surface area (Å²) in [4.78, 5) is 46.8. The van der Waals surface area contributed by atoms with Crippen LogP contribution in [0.5, 0.6) is 0 Å². The van der Waals surface area contributed by atoms with E-state index < -0.39 is 12.0 Å². The quantitative estimate of drug-likeness (QED) is 0.472. The molecule has 0 aliphatic carbocycles. The minimum absolute atomic E-state index is 0.0285. The molecule has 4 rings (SSSR count). The van der Waals surface area contributed by atoms with Gasteiger partial charge in [0, 0.05) is 23.8 Å². The van der Waals surface area contributed by atoms with Crippen LogP contribution in [0.2, 0.25) is 5.02 Å². The number of halogens is 1. The lowest BCUT2D eigenvalue weighted by Gasteiger charge is -2.37. The van der Waals surface area contributed by atoms with Gasteiger partial charge in [-0.3, -0.25) is 9.59 Å². The predicted octanol–water partition coefficient (Wildman–Crippen LogP) is 4.67. The fraction of sp³-hybridized carbons (Fsp3) is 0.462. The number of aliphatic imine (C=N–C) groups is 1. The number of thioether (sulfide) groups is 1. The van der Waals surface area contributed by atoms with Crippen molar-refractivity contribution < 1.29 is 23.9 Å². The van der Waals surface area contributed by atoms with E-state index in [9.17, 15) is 14.4 Å². The number of rotatable bonds is 7. The molecule has 1 atom stereocenters. The van der Waals surface area contributed by atoms with Crippen LogP contribution in [0.15, 0.2) is 51.6 Å². The van der Waals surface area contributed by atoms with Crippen LogP contribution >= 0.6 is 23.4 Å². The molecule has 10 heteroatoms. The lowest BCUT2D eigenvalue weighted by Crippen LogP contribution is -2.42. The van der Waals surface area contributed by atoms with Gasteiger partial charge in [-0.1, -0.05) is 35.5 Å². The van der Waals surface area contributed by atoms with Crippen molar-refractivity contribution in [3.63, 3.8) is 0 Å². The van der Waals surface area contributed by atoms with Crippen LogP contribution in [-0.2, 0) is 23.9 Å². The number of carbonyl (C=O) groups excluding carboxylic acids is 3. The summed E-state index contributed by atoms with van der Waals surface area (Å²) in [7, 11) is 0. The molecule has 0 aromatic heterocycles. The van der Waals surface area contributed by atoms with Crippen molar-refractivity contribution in [3.05, 3.63) is 57.2 Å². The van der Waals surface area contributed by atoms with Crippen molar-refractivity contribution in [3.8, 4) is 0 Å².